The van der Waals surface area contributed by atoms with E-state index in [1.807, 2.05) is 0 Å². The molecule has 1 aromatic carbocycles. The number of ketones is 1. The Balaban J connectivity index is 2.47. The predicted octanol–water partition coefficient (Wildman–Crippen LogP) is 3.51. The highest BCUT2D eigenvalue weighted by Gasteiger charge is 2.41. The normalized spacial score (nSPS) is 11.9. The minimum absolute atomic E-state index is 0.0216. The lowest BCUT2D eigenvalue weighted by Gasteiger charge is -2.14. The molecule has 0 spiro atoms. The van der Waals surface area contributed by atoms with E-state index < -0.39 is 43.6 Å². The Labute approximate surface area is 116 Å². The summed E-state index contributed by atoms with van der Waals surface area (Å²) in [5, 5.41) is 0.208. The van der Waals surface area contributed by atoms with Gasteiger partial charge in [0.25, 0.3) is 0 Å². The third-order valence-electron chi connectivity index (χ3n) is 2.27. The lowest BCUT2D eigenvalue weighted by atomic mass is 10.1. The van der Waals surface area contributed by atoms with Gasteiger partial charge in [0.15, 0.2) is 5.78 Å². The molecule has 0 bridgehead atoms. The van der Waals surface area contributed by atoms with Gasteiger partial charge in [0.1, 0.15) is 19.0 Å². The van der Waals surface area contributed by atoms with Gasteiger partial charge >= 0.3 is 12.3 Å². The minimum Gasteiger partial charge on any atom is -0.367 e. The number of carbonyl (C=O) groups excluding carboxylic acids is 1. The van der Waals surface area contributed by atoms with Crippen LogP contribution >= 0.6 is 11.6 Å². The van der Waals surface area contributed by atoms with Crippen LogP contribution in [0.25, 0.3) is 0 Å². The molecule has 0 N–H and O–H groups in total. The van der Waals surface area contributed by atoms with E-state index in [-0.39, 0.29) is 10.6 Å². The topological polar surface area (TPSA) is 26.3 Å². The van der Waals surface area contributed by atoms with E-state index in [2.05, 4.69) is 4.74 Å². The van der Waals surface area contributed by atoms with Crippen molar-refractivity contribution in [3.63, 3.8) is 0 Å². The molecule has 8 heteroatoms. The molecule has 0 amide bonds. The molecule has 0 aliphatic heterocycles. The molecule has 0 unspecified atom stereocenters. The Morgan fingerprint density at radius 3 is 2.60 bits per heavy atom. The van der Waals surface area contributed by atoms with Crippen LogP contribution in [-0.2, 0) is 16.0 Å². The van der Waals surface area contributed by atoms with Crippen molar-refractivity contribution in [3.8, 4) is 0 Å². The monoisotopic (exact) mass is 316 g/mol. The van der Waals surface area contributed by atoms with Crippen molar-refractivity contribution in [1.29, 1.82) is 0 Å². The highest BCUT2D eigenvalue weighted by atomic mass is 35.5. The Bertz CT molecular complexity index is 479. The number of halogens is 6. The second-order valence-electron chi connectivity index (χ2n) is 4.01. The number of carbonyl (C=O) groups is 1. The molecule has 0 aliphatic rings. The van der Waals surface area contributed by atoms with E-state index in [1.165, 1.54) is 12.1 Å². The maximum atomic E-state index is 13.3. The second-order valence-corrected chi connectivity index (χ2v) is 4.44. The Morgan fingerprint density at radius 1 is 1.35 bits per heavy atom. The molecule has 0 heterocycles. The van der Waals surface area contributed by atoms with Crippen molar-refractivity contribution in [3.05, 3.63) is 34.6 Å². The van der Waals surface area contributed by atoms with Gasteiger partial charge in [-0.05, 0) is 23.8 Å². The number of hydrogen-bond donors (Lipinski definition) is 0. The zero-order chi connectivity index (χ0) is 15.3. The minimum atomic E-state index is -4.32. The van der Waals surface area contributed by atoms with Crippen LogP contribution in [0, 0.1) is 5.82 Å². The summed E-state index contributed by atoms with van der Waals surface area (Å²) in [5.74, 6) is -5.72. The summed E-state index contributed by atoms with van der Waals surface area (Å²) < 4.78 is 66.1. The number of alkyl halides is 4. The fourth-order valence-corrected chi connectivity index (χ4v) is 1.50. The molecule has 1 aromatic rings. The summed E-state index contributed by atoms with van der Waals surface area (Å²) in [5.41, 5.74) is -0.0216. The third-order valence-corrected chi connectivity index (χ3v) is 2.51. The van der Waals surface area contributed by atoms with Gasteiger partial charge in [-0.15, -0.1) is 0 Å². The fraction of sp³-hybridized carbons (Fsp3) is 0.417. The SMILES string of the molecule is O=C(COCC(F)(F)C(F)F)Cc1cc(Cl)ccc1F. The first kappa shape index (κ1) is 16.8. The molecular weight excluding hydrogens is 307 g/mol. The van der Waals surface area contributed by atoms with Gasteiger partial charge in [0.05, 0.1) is 0 Å². The van der Waals surface area contributed by atoms with Gasteiger partial charge in [0.2, 0.25) is 0 Å². The van der Waals surface area contributed by atoms with Gasteiger partial charge < -0.3 is 4.74 Å². The van der Waals surface area contributed by atoms with Crippen LogP contribution in [0.4, 0.5) is 22.0 Å². The molecule has 0 atom stereocenters. The zero-order valence-electron chi connectivity index (χ0n) is 10.0. The number of hydrogen-bond acceptors (Lipinski definition) is 2. The number of benzene rings is 1. The van der Waals surface area contributed by atoms with Gasteiger partial charge in [-0.25, -0.2) is 13.2 Å². The Morgan fingerprint density at radius 2 is 2.00 bits per heavy atom. The van der Waals surface area contributed by atoms with Crippen LogP contribution in [0.1, 0.15) is 5.56 Å². The number of Topliss-reactive ketones (excluding diaryl/α,β-unsaturated/α-hetero) is 1. The highest BCUT2D eigenvalue weighted by molar-refractivity contribution is 6.30. The first-order valence-electron chi connectivity index (χ1n) is 5.41. The summed E-state index contributed by atoms with van der Waals surface area (Å²) in [6.07, 6.45) is -4.30. The molecule has 0 aliphatic carbocycles. The van der Waals surface area contributed by atoms with Gasteiger partial charge in [-0.1, -0.05) is 11.6 Å². The molecule has 0 aromatic heterocycles. The first-order valence-corrected chi connectivity index (χ1v) is 5.79. The van der Waals surface area contributed by atoms with E-state index in [9.17, 15) is 26.7 Å². The maximum Gasteiger partial charge on any atom is 0.330 e. The smallest absolute Gasteiger partial charge is 0.330 e. The average molecular weight is 317 g/mol. The van der Waals surface area contributed by atoms with E-state index in [4.69, 9.17) is 11.6 Å². The van der Waals surface area contributed by atoms with E-state index in [0.717, 1.165) is 6.07 Å². The molecule has 0 saturated carbocycles. The standard InChI is InChI=1S/C12H10ClF5O2/c13-8-1-2-10(14)7(3-8)4-9(19)5-20-6-12(17,18)11(15)16/h1-3,11H,4-6H2. The Hall–Kier alpha value is -1.21. The van der Waals surface area contributed by atoms with E-state index >= 15 is 0 Å². The summed E-state index contributed by atoms with van der Waals surface area (Å²) in [6.45, 7) is -2.39. The van der Waals surface area contributed by atoms with Crippen LogP contribution < -0.4 is 0 Å². The molecule has 0 radical (unpaired) electrons. The highest BCUT2D eigenvalue weighted by Crippen LogP contribution is 2.22. The molecule has 0 saturated heterocycles. The van der Waals surface area contributed by atoms with Crippen LogP contribution in [0.2, 0.25) is 5.02 Å². The molecule has 112 valence electrons. The van der Waals surface area contributed by atoms with Crippen molar-refractivity contribution >= 4 is 17.4 Å². The molecule has 1 rings (SSSR count). The van der Waals surface area contributed by atoms with Gasteiger partial charge in [-0.2, -0.15) is 8.78 Å². The average Bonchev–Trinajstić information content (AvgIpc) is 2.33. The van der Waals surface area contributed by atoms with Gasteiger partial charge in [0, 0.05) is 11.4 Å². The summed E-state index contributed by atoms with van der Waals surface area (Å²) >= 11 is 5.61. The largest absolute Gasteiger partial charge is 0.367 e. The molecule has 0 fully saturated rings. The Kier molecular flexibility index (Phi) is 5.88. The quantitative estimate of drug-likeness (QED) is 0.720. The second kappa shape index (κ2) is 6.99. The zero-order valence-corrected chi connectivity index (χ0v) is 10.8. The summed E-state index contributed by atoms with van der Waals surface area (Å²) in [7, 11) is 0. The van der Waals surface area contributed by atoms with Crippen LogP contribution in [0.3, 0.4) is 0 Å². The molecule has 20 heavy (non-hydrogen) atoms. The van der Waals surface area contributed by atoms with Crippen molar-refractivity contribution in [2.24, 2.45) is 0 Å². The summed E-state index contributed by atoms with van der Waals surface area (Å²) in [6, 6.07) is 3.55. The van der Waals surface area contributed by atoms with Crippen LogP contribution in [0.15, 0.2) is 18.2 Å². The van der Waals surface area contributed by atoms with Crippen LogP contribution in [0.5, 0.6) is 0 Å². The van der Waals surface area contributed by atoms with Crippen LogP contribution in [-0.4, -0.2) is 31.3 Å². The first-order chi connectivity index (χ1) is 9.22. The lowest BCUT2D eigenvalue weighted by Crippen LogP contribution is -2.33. The molecule has 2 nitrogen and oxygen atoms in total. The maximum absolute atomic E-state index is 13.3. The number of rotatable bonds is 7. The summed E-state index contributed by atoms with van der Waals surface area (Å²) in [4.78, 5) is 11.4. The number of ether oxygens (including phenoxy) is 1. The van der Waals surface area contributed by atoms with Crippen molar-refractivity contribution in [1.82, 2.24) is 0 Å². The van der Waals surface area contributed by atoms with Crippen molar-refractivity contribution in [2.45, 2.75) is 18.8 Å². The third kappa shape index (κ3) is 5.05. The lowest BCUT2D eigenvalue weighted by molar-refractivity contribution is -0.168. The van der Waals surface area contributed by atoms with Gasteiger partial charge in [-0.3, -0.25) is 4.79 Å². The fourth-order valence-electron chi connectivity index (χ4n) is 1.31. The van der Waals surface area contributed by atoms with E-state index in [1.54, 1.807) is 0 Å². The predicted molar refractivity (Wildman–Crippen MR) is 61.9 cm³/mol. The molecular formula is C12H10ClF5O2. The van der Waals surface area contributed by atoms with Crippen molar-refractivity contribution in [2.75, 3.05) is 13.2 Å². The van der Waals surface area contributed by atoms with E-state index in [0.29, 0.717) is 0 Å². The van der Waals surface area contributed by atoms with Crippen molar-refractivity contribution < 1.29 is 31.5 Å².